The third-order valence-corrected chi connectivity index (χ3v) is 4.21. The molecule has 0 saturated heterocycles. The normalized spacial score (nSPS) is 10.8. The van der Waals surface area contributed by atoms with E-state index in [1.54, 1.807) is 6.21 Å². The minimum Gasteiger partial charge on any atom is -0.494 e. The second kappa shape index (κ2) is 11.0. The number of unbranched alkanes of at least 4 members (excludes halogenated alkanes) is 2. The van der Waals surface area contributed by atoms with E-state index in [2.05, 4.69) is 17.5 Å². The van der Waals surface area contributed by atoms with Crippen molar-refractivity contribution in [2.75, 3.05) is 13.2 Å². The van der Waals surface area contributed by atoms with Crippen LogP contribution in [0, 0.1) is 13.8 Å². The van der Waals surface area contributed by atoms with Gasteiger partial charge in [0.15, 0.2) is 6.61 Å². The van der Waals surface area contributed by atoms with Gasteiger partial charge in [0, 0.05) is 0 Å². The molecule has 144 valence electrons. The van der Waals surface area contributed by atoms with E-state index in [1.807, 2.05) is 56.3 Å². The Morgan fingerprint density at radius 2 is 1.85 bits per heavy atom. The summed E-state index contributed by atoms with van der Waals surface area (Å²) >= 11 is 0. The second-order valence-electron chi connectivity index (χ2n) is 6.40. The molecule has 0 fully saturated rings. The first-order chi connectivity index (χ1) is 13.1. The van der Waals surface area contributed by atoms with Crippen molar-refractivity contribution in [2.45, 2.75) is 40.0 Å². The molecule has 5 nitrogen and oxygen atoms in total. The van der Waals surface area contributed by atoms with Crippen molar-refractivity contribution in [3.63, 3.8) is 0 Å². The van der Waals surface area contributed by atoms with Gasteiger partial charge in [0.2, 0.25) is 0 Å². The first-order valence-electron chi connectivity index (χ1n) is 9.34. The van der Waals surface area contributed by atoms with E-state index >= 15 is 0 Å². The maximum atomic E-state index is 11.9. The molecule has 0 unspecified atom stereocenters. The second-order valence-corrected chi connectivity index (χ2v) is 6.40. The molecule has 1 amide bonds. The lowest BCUT2D eigenvalue weighted by atomic mass is 10.1. The predicted octanol–water partition coefficient (Wildman–Crippen LogP) is 4.40. The summed E-state index contributed by atoms with van der Waals surface area (Å²) in [7, 11) is 0. The summed E-state index contributed by atoms with van der Waals surface area (Å²) in [6, 6.07) is 13.4. The maximum absolute atomic E-state index is 11.9. The molecule has 0 bridgehead atoms. The Morgan fingerprint density at radius 3 is 2.59 bits per heavy atom. The topological polar surface area (TPSA) is 59.9 Å². The van der Waals surface area contributed by atoms with Crippen LogP contribution in [-0.4, -0.2) is 25.3 Å². The van der Waals surface area contributed by atoms with E-state index in [1.165, 1.54) is 12.8 Å². The first-order valence-corrected chi connectivity index (χ1v) is 9.34. The number of carbonyl (C=O) groups is 1. The quantitative estimate of drug-likeness (QED) is 0.384. The Bertz CT molecular complexity index is 755. The highest BCUT2D eigenvalue weighted by atomic mass is 16.5. The van der Waals surface area contributed by atoms with Gasteiger partial charge in [-0.05, 0) is 67.3 Å². The van der Waals surface area contributed by atoms with Crippen molar-refractivity contribution < 1.29 is 14.3 Å². The maximum Gasteiger partial charge on any atom is 0.277 e. The summed E-state index contributed by atoms with van der Waals surface area (Å²) in [6.07, 6.45) is 5.02. The zero-order chi connectivity index (χ0) is 19.5. The predicted molar refractivity (Wildman–Crippen MR) is 109 cm³/mol. The van der Waals surface area contributed by atoms with Gasteiger partial charge in [-0.1, -0.05) is 31.9 Å². The van der Waals surface area contributed by atoms with Gasteiger partial charge < -0.3 is 9.47 Å². The number of amides is 1. The van der Waals surface area contributed by atoms with E-state index in [0.29, 0.717) is 5.75 Å². The SMILES string of the molecule is CCCCCOc1ccc(C=NNC(=O)COc2cccc(C)c2C)cc1. The van der Waals surface area contributed by atoms with Crippen molar-refractivity contribution in [2.24, 2.45) is 5.10 Å². The van der Waals surface area contributed by atoms with Crippen LogP contribution < -0.4 is 14.9 Å². The summed E-state index contributed by atoms with van der Waals surface area (Å²) in [5.41, 5.74) is 5.52. The fourth-order valence-corrected chi connectivity index (χ4v) is 2.43. The molecule has 2 aromatic carbocycles. The Balaban J connectivity index is 1.74. The molecule has 2 rings (SSSR count). The molecule has 0 atom stereocenters. The Kier molecular flexibility index (Phi) is 8.36. The Hall–Kier alpha value is -2.82. The van der Waals surface area contributed by atoms with Crippen LogP contribution in [0.3, 0.4) is 0 Å². The van der Waals surface area contributed by atoms with E-state index in [4.69, 9.17) is 9.47 Å². The van der Waals surface area contributed by atoms with Crippen molar-refractivity contribution in [3.8, 4) is 11.5 Å². The zero-order valence-corrected chi connectivity index (χ0v) is 16.3. The Labute approximate surface area is 161 Å². The number of carbonyl (C=O) groups excluding carboxylic acids is 1. The van der Waals surface area contributed by atoms with E-state index in [0.717, 1.165) is 35.5 Å². The van der Waals surface area contributed by atoms with E-state index in [-0.39, 0.29) is 12.5 Å². The van der Waals surface area contributed by atoms with Gasteiger partial charge in [-0.2, -0.15) is 5.10 Å². The third-order valence-electron chi connectivity index (χ3n) is 4.21. The van der Waals surface area contributed by atoms with Crippen LogP contribution in [0.2, 0.25) is 0 Å². The van der Waals surface area contributed by atoms with Gasteiger partial charge in [-0.25, -0.2) is 5.43 Å². The average Bonchev–Trinajstić information content (AvgIpc) is 2.67. The summed E-state index contributed by atoms with van der Waals surface area (Å²) < 4.78 is 11.2. The number of rotatable bonds is 10. The van der Waals surface area contributed by atoms with Crippen LogP contribution in [0.5, 0.6) is 11.5 Å². The highest BCUT2D eigenvalue weighted by molar-refractivity contribution is 5.83. The third kappa shape index (κ3) is 7.13. The average molecular weight is 368 g/mol. The smallest absolute Gasteiger partial charge is 0.277 e. The molecule has 0 heterocycles. The molecule has 0 spiro atoms. The number of nitrogens with zero attached hydrogens (tertiary/aromatic N) is 1. The van der Waals surface area contributed by atoms with Crippen molar-refractivity contribution in [3.05, 3.63) is 59.2 Å². The van der Waals surface area contributed by atoms with Crippen LogP contribution in [-0.2, 0) is 4.79 Å². The largest absolute Gasteiger partial charge is 0.494 e. The molecule has 0 radical (unpaired) electrons. The van der Waals surface area contributed by atoms with Gasteiger partial charge in [0.25, 0.3) is 5.91 Å². The van der Waals surface area contributed by atoms with Crippen molar-refractivity contribution >= 4 is 12.1 Å². The molecule has 0 aliphatic rings. The molecule has 0 aromatic heterocycles. The minimum absolute atomic E-state index is 0.0772. The molecule has 5 heteroatoms. The molecular weight excluding hydrogens is 340 g/mol. The molecule has 1 N–H and O–H groups in total. The Morgan fingerprint density at radius 1 is 1.07 bits per heavy atom. The monoisotopic (exact) mass is 368 g/mol. The number of hydrogen-bond donors (Lipinski definition) is 1. The number of hydrogen-bond acceptors (Lipinski definition) is 4. The lowest BCUT2D eigenvalue weighted by Crippen LogP contribution is -2.24. The fraction of sp³-hybridized carbons (Fsp3) is 0.364. The number of ether oxygens (including phenoxy) is 2. The number of aryl methyl sites for hydroxylation is 1. The molecule has 0 aliphatic heterocycles. The van der Waals surface area contributed by atoms with E-state index in [9.17, 15) is 4.79 Å². The number of benzene rings is 2. The lowest BCUT2D eigenvalue weighted by molar-refractivity contribution is -0.123. The van der Waals surface area contributed by atoms with Crippen LogP contribution in [0.1, 0.15) is 42.9 Å². The van der Waals surface area contributed by atoms with Gasteiger partial charge in [0.1, 0.15) is 11.5 Å². The van der Waals surface area contributed by atoms with Crippen LogP contribution in [0.15, 0.2) is 47.6 Å². The van der Waals surface area contributed by atoms with Crippen LogP contribution >= 0.6 is 0 Å². The van der Waals surface area contributed by atoms with Gasteiger partial charge in [-0.15, -0.1) is 0 Å². The highest BCUT2D eigenvalue weighted by Gasteiger charge is 2.05. The van der Waals surface area contributed by atoms with Crippen molar-refractivity contribution in [1.29, 1.82) is 0 Å². The summed E-state index contributed by atoms with van der Waals surface area (Å²) in [4.78, 5) is 11.9. The summed E-state index contributed by atoms with van der Waals surface area (Å²) in [6.45, 7) is 6.80. The number of hydrazone groups is 1. The summed E-state index contributed by atoms with van der Waals surface area (Å²) in [5.74, 6) is 1.25. The van der Waals surface area contributed by atoms with Gasteiger partial charge >= 0.3 is 0 Å². The van der Waals surface area contributed by atoms with Crippen LogP contribution in [0.4, 0.5) is 0 Å². The first kappa shape index (κ1) is 20.5. The number of nitrogens with one attached hydrogen (secondary N) is 1. The molecular formula is C22H28N2O3. The van der Waals surface area contributed by atoms with Gasteiger partial charge in [-0.3, -0.25) is 4.79 Å². The molecule has 27 heavy (non-hydrogen) atoms. The minimum atomic E-state index is -0.303. The standard InChI is InChI=1S/C22H28N2O3/c1-4-5-6-14-26-20-12-10-19(11-13-20)15-23-24-22(25)16-27-21-9-7-8-17(2)18(21)3/h7-13,15H,4-6,14,16H2,1-3H3,(H,24,25). The fourth-order valence-electron chi connectivity index (χ4n) is 2.43. The molecule has 0 saturated carbocycles. The summed E-state index contributed by atoms with van der Waals surface area (Å²) in [5, 5.41) is 3.96. The highest BCUT2D eigenvalue weighted by Crippen LogP contribution is 2.20. The van der Waals surface area contributed by atoms with E-state index < -0.39 is 0 Å². The van der Waals surface area contributed by atoms with Gasteiger partial charge in [0.05, 0.1) is 12.8 Å². The molecule has 0 aliphatic carbocycles. The lowest BCUT2D eigenvalue weighted by Gasteiger charge is -2.09. The van der Waals surface area contributed by atoms with Crippen LogP contribution in [0.25, 0.3) is 0 Å². The molecule has 2 aromatic rings. The zero-order valence-electron chi connectivity index (χ0n) is 16.3. The van der Waals surface area contributed by atoms with Crippen molar-refractivity contribution in [1.82, 2.24) is 5.43 Å².